The Kier molecular flexibility index (Phi) is 4.67. The summed E-state index contributed by atoms with van der Waals surface area (Å²) in [7, 11) is 1.43. The summed E-state index contributed by atoms with van der Waals surface area (Å²) in [6, 6.07) is 10.4. The number of anilines is 2. The standard InChI is InChI=1S/C17H11Cl2F3N2O/c1-25-10-3-4-11-14(7-10)24-16(17(20,21)22)8-15(11)23-9-2-5-12(18)13(19)6-9/h2-8H,1H3,(H,23,24). The summed E-state index contributed by atoms with van der Waals surface area (Å²) in [6.45, 7) is 0. The van der Waals surface area contributed by atoms with Crippen LogP contribution in [0.5, 0.6) is 5.75 Å². The first-order valence-corrected chi connectivity index (χ1v) is 7.81. The first kappa shape index (κ1) is 17.6. The van der Waals surface area contributed by atoms with Gasteiger partial charge in [-0.2, -0.15) is 13.2 Å². The van der Waals surface area contributed by atoms with Crippen LogP contribution < -0.4 is 10.1 Å². The van der Waals surface area contributed by atoms with Gasteiger partial charge in [-0.05, 0) is 36.4 Å². The van der Waals surface area contributed by atoms with Crippen LogP contribution in [0.2, 0.25) is 10.0 Å². The molecule has 130 valence electrons. The van der Waals surface area contributed by atoms with Crippen molar-refractivity contribution in [2.24, 2.45) is 0 Å². The fourth-order valence-corrected chi connectivity index (χ4v) is 2.61. The maximum atomic E-state index is 13.2. The average molecular weight is 387 g/mol. The molecule has 0 unspecified atom stereocenters. The van der Waals surface area contributed by atoms with Gasteiger partial charge in [0.15, 0.2) is 0 Å². The van der Waals surface area contributed by atoms with E-state index in [0.717, 1.165) is 6.07 Å². The van der Waals surface area contributed by atoms with Gasteiger partial charge in [0, 0.05) is 17.1 Å². The number of pyridine rings is 1. The molecule has 0 fully saturated rings. The second-order valence-electron chi connectivity index (χ2n) is 5.19. The van der Waals surface area contributed by atoms with E-state index < -0.39 is 11.9 Å². The van der Waals surface area contributed by atoms with Crippen molar-refractivity contribution in [1.82, 2.24) is 4.98 Å². The fourth-order valence-electron chi connectivity index (χ4n) is 2.31. The molecule has 0 amide bonds. The van der Waals surface area contributed by atoms with Gasteiger partial charge in [0.25, 0.3) is 0 Å². The molecule has 3 rings (SSSR count). The molecule has 1 N–H and O–H groups in total. The lowest BCUT2D eigenvalue weighted by Gasteiger charge is -2.14. The van der Waals surface area contributed by atoms with Gasteiger partial charge < -0.3 is 10.1 Å². The van der Waals surface area contributed by atoms with E-state index in [0.29, 0.717) is 26.9 Å². The van der Waals surface area contributed by atoms with Crippen molar-refractivity contribution in [2.45, 2.75) is 6.18 Å². The van der Waals surface area contributed by atoms with E-state index >= 15 is 0 Å². The third-order valence-electron chi connectivity index (χ3n) is 3.51. The molecule has 0 saturated heterocycles. The summed E-state index contributed by atoms with van der Waals surface area (Å²) in [5, 5.41) is 4.10. The molecule has 0 atom stereocenters. The number of hydrogen-bond donors (Lipinski definition) is 1. The minimum Gasteiger partial charge on any atom is -0.497 e. The zero-order valence-electron chi connectivity index (χ0n) is 12.8. The average Bonchev–Trinajstić information content (AvgIpc) is 2.56. The molecule has 0 bridgehead atoms. The topological polar surface area (TPSA) is 34.1 Å². The van der Waals surface area contributed by atoms with Crippen LogP contribution in [0.15, 0.2) is 42.5 Å². The SMILES string of the molecule is COc1ccc2c(Nc3ccc(Cl)c(Cl)c3)cc(C(F)(F)F)nc2c1. The van der Waals surface area contributed by atoms with Gasteiger partial charge in [-0.3, -0.25) is 0 Å². The van der Waals surface area contributed by atoms with Crippen LogP contribution in [0.4, 0.5) is 24.5 Å². The molecule has 1 aromatic heterocycles. The third-order valence-corrected chi connectivity index (χ3v) is 4.25. The van der Waals surface area contributed by atoms with Crippen LogP contribution in [0.3, 0.4) is 0 Å². The van der Waals surface area contributed by atoms with Gasteiger partial charge in [0.05, 0.1) is 28.4 Å². The number of aromatic nitrogens is 1. The normalized spacial score (nSPS) is 11.6. The summed E-state index contributed by atoms with van der Waals surface area (Å²) in [6.07, 6.45) is -4.58. The van der Waals surface area contributed by atoms with Crippen LogP contribution in [-0.2, 0) is 6.18 Å². The van der Waals surface area contributed by atoms with E-state index in [2.05, 4.69) is 10.3 Å². The van der Waals surface area contributed by atoms with Crippen LogP contribution >= 0.6 is 23.2 Å². The monoisotopic (exact) mass is 386 g/mol. The Bertz CT molecular complexity index is 945. The van der Waals surface area contributed by atoms with Gasteiger partial charge in [-0.25, -0.2) is 4.98 Å². The lowest BCUT2D eigenvalue weighted by Crippen LogP contribution is -2.09. The van der Waals surface area contributed by atoms with E-state index in [1.165, 1.54) is 19.2 Å². The molecule has 2 aromatic carbocycles. The summed E-state index contributed by atoms with van der Waals surface area (Å²) in [5.41, 5.74) is -0.0863. The van der Waals surface area contributed by atoms with Crippen molar-refractivity contribution in [3.63, 3.8) is 0 Å². The van der Waals surface area contributed by atoms with E-state index in [1.807, 2.05) is 0 Å². The molecular weight excluding hydrogens is 376 g/mol. The Balaban J connectivity index is 2.15. The van der Waals surface area contributed by atoms with Gasteiger partial charge in [0.1, 0.15) is 11.4 Å². The summed E-state index contributed by atoms with van der Waals surface area (Å²) in [5.74, 6) is 0.416. The van der Waals surface area contributed by atoms with Gasteiger partial charge >= 0.3 is 6.18 Å². The Hall–Kier alpha value is -2.18. The molecular formula is C17H11Cl2F3N2O. The minimum atomic E-state index is -4.58. The van der Waals surface area contributed by atoms with Gasteiger partial charge in [-0.1, -0.05) is 23.2 Å². The highest BCUT2D eigenvalue weighted by Crippen LogP contribution is 2.36. The Labute approximate surface area is 151 Å². The van der Waals surface area contributed by atoms with Crippen molar-refractivity contribution in [2.75, 3.05) is 12.4 Å². The molecule has 3 aromatic rings. The highest BCUT2D eigenvalue weighted by atomic mass is 35.5. The highest BCUT2D eigenvalue weighted by Gasteiger charge is 2.33. The molecule has 3 nitrogen and oxygen atoms in total. The first-order chi connectivity index (χ1) is 11.8. The number of fused-ring (bicyclic) bond motifs is 1. The third kappa shape index (κ3) is 3.75. The predicted molar refractivity (Wildman–Crippen MR) is 93.0 cm³/mol. The van der Waals surface area contributed by atoms with Crippen LogP contribution in [0.1, 0.15) is 5.69 Å². The van der Waals surface area contributed by atoms with Crippen molar-refractivity contribution in [3.8, 4) is 5.75 Å². The molecule has 0 aliphatic rings. The Morgan fingerprint density at radius 3 is 2.40 bits per heavy atom. The number of methoxy groups -OCH3 is 1. The molecule has 0 spiro atoms. The lowest BCUT2D eigenvalue weighted by atomic mass is 10.1. The maximum absolute atomic E-state index is 13.2. The Morgan fingerprint density at radius 2 is 1.76 bits per heavy atom. The molecule has 0 aliphatic carbocycles. The van der Waals surface area contributed by atoms with E-state index in [-0.39, 0.29) is 11.2 Å². The fraction of sp³-hybridized carbons (Fsp3) is 0.118. The first-order valence-electron chi connectivity index (χ1n) is 7.06. The highest BCUT2D eigenvalue weighted by molar-refractivity contribution is 6.42. The van der Waals surface area contributed by atoms with E-state index in [9.17, 15) is 13.2 Å². The maximum Gasteiger partial charge on any atom is 0.433 e. The second-order valence-corrected chi connectivity index (χ2v) is 6.00. The number of nitrogens with one attached hydrogen (secondary N) is 1. The van der Waals surface area contributed by atoms with Gasteiger partial charge in [0.2, 0.25) is 0 Å². The van der Waals surface area contributed by atoms with Crippen LogP contribution in [0.25, 0.3) is 10.9 Å². The summed E-state index contributed by atoms with van der Waals surface area (Å²) >= 11 is 11.8. The van der Waals surface area contributed by atoms with Crippen molar-refractivity contribution < 1.29 is 17.9 Å². The van der Waals surface area contributed by atoms with Crippen molar-refractivity contribution in [3.05, 3.63) is 58.2 Å². The van der Waals surface area contributed by atoms with E-state index in [4.69, 9.17) is 27.9 Å². The molecule has 0 aliphatic heterocycles. The lowest BCUT2D eigenvalue weighted by molar-refractivity contribution is -0.140. The quantitative estimate of drug-likeness (QED) is 0.572. The predicted octanol–water partition coefficient (Wildman–Crippen LogP) is 6.31. The zero-order chi connectivity index (χ0) is 18.2. The Morgan fingerprint density at radius 1 is 1.00 bits per heavy atom. The smallest absolute Gasteiger partial charge is 0.433 e. The van der Waals surface area contributed by atoms with Crippen LogP contribution in [-0.4, -0.2) is 12.1 Å². The van der Waals surface area contributed by atoms with Crippen molar-refractivity contribution >= 4 is 45.5 Å². The number of benzene rings is 2. The number of ether oxygens (including phenoxy) is 1. The summed E-state index contributed by atoms with van der Waals surface area (Å²) in [4.78, 5) is 3.70. The molecule has 0 saturated carbocycles. The van der Waals surface area contributed by atoms with Crippen molar-refractivity contribution in [1.29, 1.82) is 0 Å². The number of rotatable bonds is 3. The molecule has 0 radical (unpaired) electrons. The minimum absolute atomic E-state index is 0.164. The number of hydrogen-bond acceptors (Lipinski definition) is 3. The largest absolute Gasteiger partial charge is 0.497 e. The second kappa shape index (κ2) is 6.61. The number of alkyl halides is 3. The molecule has 1 heterocycles. The number of halogens is 5. The molecule has 25 heavy (non-hydrogen) atoms. The van der Waals surface area contributed by atoms with E-state index in [1.54, 1.807) is 24.3 Å². The van der Waals surface area contributed by atoms with Crippen LogP contribution in [0, 0.1) is 0 Å². The zero-order valence-corrected chi connectivity index (χ0v) is 14.3. The van der Waals surface area contributed by atoms with Gasteiger partial charge in [-0.15, -0.1) is 0 Å². The molecule has 8 heteroatoms. The number of nitrogens with zero attached hydrogens (tertiary/aromatic N) is 1. The summed E-state index contributed by atoms with van der Waals surface area (Å²) < 4.78 is 44.6.